The number of nitrogens with zero attached hydrogens (tertiary/aromatic N) is 2. The van der Waals surface area contributed by atoms with Crippen LogP contribution >= 0.6 is 12.4 Å². The number of halogens is 1. The standard InChI is InChI=1S/C17H24N2O4.ClH/c1-18(14-5-3-4-6-14)7-8-19(2)16(21)12-9-13(17(22)23)11-15(20)10-12;/h9-11,14,20H,3-8H2,1-2H3,(H,22,23);1H. The molecule has 0 atom stereocenters. The largest absolute Gasteiger partial charge is 0.508 e. The van der Waals surface area contributed by atoms with E-state index in [2.05, 4.69) is 11.9 Å². The monoisotopic (exact) mass is 356 g/mol. The number of benzene rings is 1. The lowest BCUT2D eigenvalue weighted by molar-refractivity contribution is 0.0696. The van der Waals surface area contributed by atoms with Crippen molar-refractivity contribution in [3.05, 3.63) is 29.3 Å². The van der Waals surface area contributed by atoms with E-state index in [-0.39, 0.29) is 35.2 Å². The Morgan fingerprint density at radius 1 is 1.08 bits per heavy atom. The van der Waals surface area contributed by atoms with Gasteiger partial charge in [0.05, 0.1) is 5.56 Å². The quantitative estimate of drug-likeness (QED) is 0.818. The van der Waals surface area contributed by atoms with Crippen molar-refractivity contribution in [2.24, 2.45) is 0 Å². The Hall–Kier alpha value is -1.79. The van der Waals surface area contributed by atoms with Crippen LogP contribution in [0.1, 0.15) is 46.4 Å². The number of amides is 1. The van der Waals surface area contributed by atoms with Crippen LogP contribution in [0.5, 0.6) is 5.75 Å². The number of phenols is 1. The number of hydrogen-bond donors (Lipinski definition) is 2. The summed E-state index contributed by atoms with van der Waals surface area (Å²) in [5.74, 6) is -1.67. The van der Waals surface area contributed by atoms with Crippen molar-refractivity contribution >= 4 is 24.3 Å². The van der Waals surface area contributed by atoms with Crippen LogP contribution in [0.3, 0.4) is 0 Å². The van der Waals surface area contributed by atoms with E-state index in [1.807, 2.05) is 0 Å². The second-order valence-corrected chi connectivity index (χ2v) is 6.22. The molecule has 0 radical (unpaired) electrons. The van der Waals surface area contributed by atoms with Gasteiger partial charge in [0.15, 0.2) is 0 Å². The molecule has 0 bridgehead atoms. The topological polar surface area (TPSA) is 81.1 Å². The highest BCUT2D eigenvalue weighted by molar-refractivity contribution is 5.98. The summed E-state index contributed by atoms with van der Waals surface area (Å²) < 4.78 is 0. The number of phenolic OH excluding ortho intramolecular Hbond substituents is 1. The summed E-state index contributed by atoms with van der Waals surface area (Å²) in [6.45, 7) is 1.33. The molecular formula is C17H25ClN2O4. The van der Waals surface area contributed by atoms with Crippen LogP contribution < -0.4 is 0 Å². The molecule has 2 rings (SSSR count). The predicted octanol–water partition coefficient (Wildman–Crippen LogP) is 2.46. The summed E-state index contributed by atoms with van der Waals surface area (Å²) in [5.41, 5.74) is 0.0956. The smallest absolute Gasteiger partial charge is 0.335 e. The molecule has 0 saturated heterocycles. The Kier molecular flexibility index (Phi) is 7.51. The number of carboxylic acids is 1. The number of rotatable bonds is 6. The fraction of sp³-hybridized carbons (Fsp3) is 0.529. The second-order valence-electron chi connectivity index (χ2n) is 6.22. The Balaban J connectivity index is 0.00000288. The van der Waals surface area contributed by atoms with Gasteiger partial charge in [0.2, 0.25) is 0 Å². The fourth-order valence-electron chi connectivity index (χ4n) is 3.02. The summed E-state index contributed by atoms with van der Waals surface area (Å²) in [6.07, 6.45) is 4.96. The van der Waals surface area contributed by atoms with Gasteiger partial charge in [0.1, 0.15) is 5.75 Å². The van der Waals surface area contributed by atoms with Crippen LogP contribution in [0.15, 0.2) is 18.2 Å². The first kappa shape index (κ1) is 20.3. The molecule has 1 aliphatic carbocycles. The van der Waals surface area contributed by atoms with Crippen LogP contribution in [0, 0.1) is 0 Å². The summed E-state index contributed by atoms with van der Waals surface area (Å²) in [6, 6.07) is 4.32. The lowest BCUT2D eigenvalue weighted by atomic mass is 10.1. The Bertz CT molecular complexity index is 588. The second kappa shape index (κ2) is 8.89. The Morgan fingerprint density at radius 3 is 2.25 bits per heavy atom. The molecule has 0 heterocycles. The summed E-state index contributed by atoms with van der Waals surface area (Å²) in [5, 5.41) is 18.6. The van der Waals surface area contributed by atoms with E-state index in [9.17, 15) is 14.7 Å². The first-order valence-corrected chi connectivity index (χ1v) is 7.91. The normalized spacial score (nSPS) is 14.5. The molecule has 0 unspecified atom stereocenters. The molecule has 1 saturated carbocycles. The third-order valence-electron chi connectivity index (χ3n) is 4.49. The molecule has 1 aromatic carbocycles. The van der Waals surface area contributed by atoms with Crippen molar-refractivity contribution in [2.45, 2.75) is 31.7 Å². The van der Waals surface area contributed by atoms with Crippen LogP contribution in [-0.4, -0.2) is 65.1 Å². The van der Waals surface area contributed by atoms with E-state index in [1.165, 1.54) is 37.8 Å². The van der Waals surface area contributed by atoms with Gasteiger partial charge in [-0.1, -0.05) is 12.8 Å². The average Bonchev–Trinajstić information content (AvgIpc) is 3.05. The SMILES string of the molecule is CN(CCN(C)C1CCCC1)C(=O)c1cc(O)cc(C(=O)O)c1.Cl. The number of aromatic hydroxyl groups is 1. The maximum atomic E-state index is 12.4. The number of aromatic carboxylic acids is 1. The van der Waals surface area contributed by atoms with E-state index in [0.29, 0.717) is 12.6 Å². The zero-order valence-electron chi connectivity index (χ0n) is 14.1. The number of likely N-dealkylation sites (N-methyl/N-ethyl adjacent to an activating group) is 2. The fourth-order valence-corrected chi connectivity index (χ4v) is 3.02. The molecule has 1 aromatic rings. The molecule has 1 amide bonds. The van der Waals surface area contributed by atoms with Gasteiger partial charge in [-0.05, 0) is 38.1 Å². The summed E-state index contributed by atoms with van der Waals surface area (Å²) in [7, 11) is 3.76. The van der Waals surface area contributed by atoms with Crippen LogP contribution in [0.2, 0.25) is 0 Å². The highest BCUT2D eigenvalue weighted by Crippen LogP contribution is 2.22. The molecule has 1 fully saturated rings. The van der Waals surface area contributed by atoms with Gasteiger partial charge >= 0.3 is 5.97 Å². The van der Waals surface area contributed by atoms with E-state index < -0.39 is 5.97 Å². The third-order valence-corrected chi connectivity index (χ3v) is 4.49. The maximum absolute atomic E-state index is 12.4. The molecule has 2 N–H and O–H groups in total. The summed E-state index contributed by atoms with van der Waals surface area (Å²) in [4.78, 5) is 27.3. The van der Waals surface area contributed by atoms with Crippen molar-refractivity contribution in [1.29, 1.82) is 0 Å². The van der Waals surface area contributed by atoms with Crippen LogP contribution in [-0.2, 0) is 0 Å². The molecular weight excluding hydrogens is 332 g/mol. The van der Waals surface area contributed by atoms with Gasteiger partial charge < -0.3 is 20.0 Å². The van der Waals surface area contributed by atoms with Gasteiger partial charge in [-0.2, -0.15) is 0 Å². The Labute approximate surface area is 148 Å². The number of carbonyl (C=O) groups is 2. The van der Waals surface area contributed by atoms with Crippen LogP contribution in [0.4, 0.5) is 0 Å². The third kappa shape index (κ3) is 5.11. The highest BCUT2D eigenvalue weighted by atomic mass is 35.5. The zero-order chi connectivity index (χ0) is 17.0. The lowest BCUT2D eigenvalue weighted by Gasteiger charge is -2.27. The molecule has 0 spiro atoms. The molecule has 24 heavy (non-hydrogen) atoms. The first-order chi connectivity index (χ1) is 10.9. The van der Waals surface area contributed by atoms with Gasteiger partial charge in [-0.3, -0.25) is 4.79 Å². The first-order valence-electron chi connectivity index (χ1n) is 7.91. The number of hydrogen-bond acceptors (Lipinski definition) is 4. The highest BCUT2D eigenvalue weighted by Gasteiger charge is 2.21. The van der Waals surface area contributed by atoms with Crippen molar-refractivity contribution < 1.29 is 19.8 Å². The van der Waals surface area contributed by atoms with Crippen molar-refractivity contribution in [2.75, 3.05) is 27.2 Å². The Morgan fingerprint density at radius 2 is 1.67 bits per heavy atom. The summed E-state index contributed by atoms with van der Waals surface area (Å²) >= 11 is 0. The van der Waals surface area contributed by atoms with Gasteiger partial charge in [0, 0.05) is 31.7 Å². The number of carbonyl (C=O) groups excluding carboxylic acids is 1. The van der Waals surface area contributed by atoms with Gasteiger partial charge in [-0.25, -0.2) is 4.79 Å². The molecule has 7 heteroatoms. The average molecular weight is 357 g/mol. The number of carboxylic acid groups (broad SMARTS) is 1. The van der Waals surface area contributed by atoms with Crippen molar-refractivity contribution in [3.63, 3.8) is 0 Å². The van der Waals surface area contributed by atoms with E-state index in [1.54, 1.807) is 11.9 Å². The minimum Gasteiger partial charge on any atom is -0.508 e. The molecule has 0 aromatic heterocycles. The molecule has 0 aliphatic heterocycles. The molecule has 6 nitrogen and oxygen atoms in total. The van der Waals surface area contributed by atoms with Crippen molar-refractivity contribution in [1.82, 2.24) is 9.80 Å². The predicted molar refractivity (Wildman–Crippen MR) is 94.2 cm³/mol. The maximum Gasteiger partial charge on any atom is 0.335 e. The minimum absolute atomic E-state index is 0. The minimum atomic E-state index is -1.17. The van der Waals surface area contributed by atoms with Crippen molar-refractivity contribution in [3.8, 4) is 5.75 Å². The zero-order valence-corrected chi connectivity index (χ0v) is 14.9. The van der Waals surface area contributed by atoms with Crippen LogP contribution in [0.25, 0.3) is 0 Å². The van der Waals surface area contributed by atoms with Gasteiger partial charge in [0.25, 0.3) is 5.91 Å². The molecule has 134 valence electrons. The molecule has 1 aliphatic rings. The van der Waals surface area contributed by atoms with E-state index in [0.717, 1.165) is 12.6 Å². The van der Waals surface area contributed by atoms with E-state index in [4.69, 9.17) is 5.11 Å². The van der Waals surface area contributed by atoms with Gasteiger partial charge in [-0.15, -0.1) is 12.4 Å². The lowest BCUT2D eigenvalue weighted by Crippen LogP contribution is -2.38. The van der Waals surface area contributed by atoms with E-state index >= 15 is 0 Å².